The van der Waals surface area contributed by atoms with Crippen molar-refractivity contribution in [1.29, 1.82) is 0 Å². The fraction of sp³-hybridized carbons (Fsp3) is 0.818. The molecule has 0 amide bonds. The van der Waals surface area contributed by atoms with Crippen molar-refractivity contribution < 1.29 is 19.4 Å². The van der Waals surface area contributed by atoms with Crippen LogP contribution in [0.2, 0.25) is 0 Å². The fourth-order valence-electron chi connectivity index (χ4n) is 4.53. The molecule has 0 aliphatic carbocycles. The van der Waals surface area contributed by atoms with E-state index in [0.717, 1.165) is 51.4 Å². The van der Waals surface area contributed by atoms with Crippen LogP contribution in [-0.2, 0) is 14.3 Å². The highest BCUT2D eigenvalue weighted by Gasteiger charge is 2.21. The van der Waals surface area contributed by atoms with E-state index in [2.05, 4.69) is 38.2 Å². The van der Waals surface area contributed by atoms with Crippen molar-refractivity contribution in [3.63, 3.8) is 0 Å². The van der Waals surface area contributed by atoms with E-state index >= 15 is 0 Å². The van der Waals surface area contributed by atoms with Gasteiger partial charge in [-0.2, -0.15) is 0 Å². The van der Waals surface area contributed by atoms with Gasteiger partial charge in [0.25, 0.3) is 0 Å². The molecular formula is C33H60O4. The second-order valence-electron chi connectivity index (χ2n) is 10.6. The molecule has 4 nitrogen and oxygen atoms in total. The van der Waals surface area contributed by atoms with Gasteiger partial charge < -0.3 is 9.84 Å². The summed E-state index contributed by atoms with van der Waals surface area (Å²) in [6.07, 6.45) is 34.8. The van der Waals surface area contributed by atoms with Crippen LogP contribution in [0.1, 0.15) is 168 Å². The third-order valence-electron chi connectivity index (χ3n) is 6.95. The first-order chi connectivity index (χ1) is 18.1. The maximum absolute atomic E-state index is 12.1. The molecule has 4 heteroatoms. The molecule has 1 N–H and O–H groups in total. The van der Waals surface area contributed by atoms with Crippen LogP contribution < -0.4 is 0 Å². The van der Waals surface area contributed by atoms with Crippen LogP contribution in [0.5, 0.6) is 0 Å². The maximum Gasteiger partial charge on any atom is 0.345 e. The van der Waals surface area contributed by atoms with E-state index < -0.39 is 12.1 Å². The number of rotatable bonds is 28. The number of unbranched alkanes of at least 4 members (excludes halogenated alkanes) is 18. The van der Waals surface area contributed by atoms with E-state index in [-0.39, 0.29) is 5.97 Å². The zero-order valence-corrected chi connectivity index (χ0v) is 24.5. The van der Waals surface area contributed by atoms with Crippen molar-refractivity contribution in [2.75, 3.05) is 0 Å². The van der Waals surface area contributed by atoms with E-state index in [1.54, 1.807) is 0 Å². The van der Waals surface area contributed by atoms with Crippen molar-refractivity contribution in [1.82, 2.24) is 0 Å². The Morgan fingerprint density at radius 1 is 0.595 bits per heavy atom. The lowest BCUT2D eigenvalue weighted by Crippen LogP contribution is -2.27. The largest absolute Gasteiger partial charge is 0.479 e. The maximum atomic E-state index is 12.1. The smallest absolute Gasteiger partial charge is 0.345 e. The lowest BCUT2D eigenvalue weighted by atomic mass is 10.0. The highest BCUT2D eigenvalue weighted by Crippen LogP contribution is 2.15. The first-order valence-electron chi connectivity index (χ1n) is 15.8. The summed E-state index contributed by atoms with van der Waals surface area (Å²) >= 11 is 0. The zero-order valence-electron chi connectivity index (χ0n) is 24.5. The van der Waals surface area contributed by atoms with Crippen LogP contribution in [-0.4, -0.2) is 23.1 Å². The summed E-state index contributed by atoms with van der Waals surface area (Å²) in [6.45, 7) is 4.47. The molecular weight excluding hydrogens is 460 g/mol. The van der Waals surface area contributed by atoms with Crippen LogP contribution in [0.4, 0.5) is 0 Å². The number of aliphatic carboxylic acids is 1. The molecule has 1 unspecified atom stereocenters. The van der Waals surface area contributed by atoms with E-state index in [4.69, 9.17) is 4.74 Å². The average Bonchev–Trinajstić information content (AvgIpc) is 2.88. The van der Waals surface area contributed by atoms with E-state index in [9.17, 15) is 14.7 Å². The molecule has 0 aliphatic heterocycles. The van der Waals surface area contributed by atoms with Gasteiger partial charge in [0.2, 0.25) is 0 Å². The minimum Gasteiger partial charge on any atom is -0.479 e. The first kappa shape index (κ1) is 35.4. The van der Waals surface area contributed by atoms with Crippen molar-refractivity contribution in [3.05, 3.63) is 24.3 Å². The summed E-state index contributed by atoms with van der Waals surface area (Å²) in [7, 11) is 0. The molecule has 0 aromatic carbocycles. The number of esters is 1. The van der Waals surface area contributed by atoms with Gasteiger partial charge in [-0.25, -0.2) is 4.79 Å². The lowest BCUT2D eigenvalue weighted by Gasteiger charge is -2.13. The topological polar surface area (TPSA) is 63.6 Å². The van der Waals surface area contributed by atoms with Crippen LogP contribution in [0, 0.1) is 0 Å². The quantitative estimate of drug-likeness (QED) is 0.0633. The highest BCUT2D eigenvalue weighted by atomic mass is 16.6. The van der Waals surface area contributed by atoms with Gasteiger partial charge in [-0.15, -0.1) is 0 Å². The standard InChI is InChI=1S/C33H60O4/c1-3-5-7-9-11-13-15-16-17-18-19-20-22-24-26-28-30-32(34)37-31(33(35)36)29-27-25-23-21-14-12-10-8-6-4-2/h11,13,16-17,31H,3-10,12,14-15,18-30H2,1-2H3,(H,35,36)/b13-11-,17-16-. The Bertz CT molecular complexity index is 567. The minimum atomic E-state index is -1.01. The first-order valence-corrected chi connectivity index (χ1v) is 15.8. The summed E-state index contributed by atoms with van der Waals surface area (Å²) in [5, 5.41) is 9.39. The predicted molar refractivity (Wildman–Crippen MR) is 158 cm³/mol. The summed E-state index contributed by atoms with van der Waals surface area (Å²) in [4.78, 5) is 23.6. The van der Waals surface area contributed by atoms with Gasteiger partial charge >= 0.3 is 11.9 Å². The number of ether oxygens (including phenoxy) is 1. The second-order valence-corrected chi connectivity index (χ2v) is 10.6. The molecule has 37 heavy (non-hydrogen) atoms. The Morgan fingerprint density at radius 2 is 1.03 bits per heavy atom. The Labute approximate surface area is 229 Å². The third kappa shape index (κ3) is 27.3. The number of allylic oxidation sites excluding steroid dienone is 4. The molecule has 0 aliphatic rings. The summed E-state index contributed by atoms with van der Waals surface area (Å²) in [5.74, 6) is -1.37. The number of carbonyl (C=O) groups is 2. The van der Waals surface area contributed by atoms with Gasteiger partial charge in [-0.05, 0) is 51.4 Å². The molecule has 216 valence electrons. The number of hydrogen-bond donors (Lipinski definition) is 1. The Balaban J connectivity index is 3.61. The van der Waals surface area contributed by atoms with E-state index in [0.29, 0.717) is 12.8 Å². The van der Waals surface area contributed by atoms with Crippen molar-refractivity contribution in [3.8, 4) is 0 Å². The number of hydrogen-bond acceptors (Lipinski definition) is 3. The van der Waals surface area contributed by atoms with Crippen molar-refractivity contribution >= 4 is 11.9 Å². The van der Waals surface area contributed by atoms with Gasteiger partial charge in [0.15, 0.2) is 6.10 Å². The van der Waals surface area contributed by atoms with Crippen molar-refractivity contribution in [2.24, 2.45) is 0 Å². The molecule has 0 saturated carbocycles. The van der Waals surface area contributed by atoms with Gasteiger partial charge in [0, 0.05) is 6.42 Å². The minimum absolute atomic E-state index is 0.330. The van der Waals surface area contributed by atoms with Crippen LogP contribution >= 0.6 is 0 Å². The van der Waals surface area contributed by atoms with Gasteiger partial charge in [0.05, 0.1) is 0 Å². The Kier molecular flexibility index (Phi) is 27.7. The monoisotopic (exact) mass is 520 g/mol. The molecule has 0 radical (unpaired) electrons. The number of carbonyl (C=O) groups excluding carboxylic acids is 1. The van der Waals surface area contributed by atoms with Crippen molar-refractivity contribution in [2.45, 2.75) is 174 Å². The zero-order chi connectivity index (χ0) is 27.2. The number of carboxylic acids is 1. The SMILES string of the molecule is CCCCC/C=C\C/C=C\CCCCCCCCC(=O)OC(CCCCCCCCCCCC)C(=O)O. The Morgan fingerprint density at radius 3 is 1.57 bits per heavy atom. The summed E-state index contributed by atoms with van der Waals surface area (Å²) in [5.41, 5.74) is 0. The van der Waals surface area contributed by atoms with E-state index in [1.165, 1.54) is 89.9 Å². The molecule has 0 heterocycles. The second kappa shape index (κ2) is 29.0. The molecule has 0 spiro atoms. The summed E-state index contributed by atoms with van der Waals surface area (Å²) < 4.78 is 5.27. The Hall–Kier alpha value is -1.58. The fourth-order valence-corrected chi connectivity index (χ4v) is 4.53. The molecule has 1 atom stereocenters. The molecule has 0 rings (SSSR count). The molecule has 0 saturated heterocycles. The van der Waals surface area contributed by atoms with E-state index in [1.807, 2.05) is 0 Å². The molecule has 0 aromatic rings. The lowest BCUT2D eigenvalue weighted by molar-refractivity contribution is -0.164. The average molecular weight is 521 g/mol. The van der Waals surface area contributed by atoms with Gasteiger partial charge in [-0.3, -0.25) is 4.79 Å². The highest BCUT2D eigenvalue weighted by molar-refractivity contribution is 5.77. The summed E-state index contributed by atoms with van der Waals surface area (Å²) in [6, 6.07) is 0. The van der Waals surface area contributed by atoms with Crippen LogP contribution in [0.3, 0.4) is 0 Å². The molecule has 0 bridgehead atoms. The molecule has 0 aromatic heterocycles. The van der Waals surface area contributed by atoms with Crippen LogP contribution in [0.15, 0.2) is 24.3 Å². The van der Waals surface area contributed by atoms with Crippen LogP contribution in [0.25, 0.3) is 0 Å². The number of carboxylic acid groups (broad SMARTS) is 1. The predicted octanol–water partition coefficient (Wildman–Crippen LogP) is 10.5. The van der Waals surface area contributed by atoms with Gasteiger partial charge in [0.1, 0.15) is 0 Å². The molecule has 0 fully saturated rings. The normalized spacial score (nSPS) is 12.5. The van der Waals surface area contributed by atoms with Gasteiger partial charge in [-0.1, -0.05) is 134 Å². The third-order valence-corrected chi connectivity index (χ3v) is 6.95.